The van der Waals surface area contributed by atoms with Gasteiger partial charge in [0.15, 0.2) is 0 Å². The van der Waals surface area contributed by atoms with Gasteiger partial charge in [0, 0.05) is 12.5 Å². The van der Waals surface area contributed by atoms with Gasteiger partial charge < -0.3 is 15.2 Å². The molecule has 0 spiro atoms. The predicted molar refractivity (Wildman–Crippen MR) is 76.5 cm³/mol. The standard InChI is InChI=1S/C14H20ClNO3/c1-2-18-14(17)6-4-3-5-9-19-11-7-8-13(16)12(15)10-11/h7-8,10H,2-6,9,16H2,1H3. The molecule has 0 saturated heterocycles. The third-order valence-corrected chi connectivity index (χ3v) is 2.90. The fourth-order valence-electron chi connectivity index (χ4n) is 1.57. The quantitative estimate of drug-likeness (QED) is 0.452. The van der Waals surface area contributed by atoms with Crippen LogP contribution >= 0.6 is 11.6 Å². The van der Waals surface area contributed by atoms with Gasteiger partial charge in [-0.1, -0.05) is 11.6 Å². The van der Waals surface area contributed by atoms with Crippen LogP contribution in [0.2, 0.25) is 5.02 Å². The van der Waals surface area contributed by atoms with Crippen LogP contribution in [0.15, 0.2) is 18.2 Å². The second-order valence-electron chi connectivity index (χ2n) is 4.15. The van der Waals surface area contributed by atoms with E-state index in [1.807, 2.05) is 6.92 Å². The number of rotatable bonds is 8. The maximum Gasteiger partial charge on any atom is 0.305 e. The molecule has 0 atom stereocenters. The Kier molecular flexibility index (Phi) is 7.11. The number of unbranched alkanes of at least 4 members (excludes halogenated alkanes) is 2. The molecule has 0 heterocycles. The van der Waals surface area contributed by atoms with Crippen LogP contribution < -0.4 is 10.5 Å². The summed E-state index contributed by atoms with van der Waals surface area (Å²) in [5.74, 6) is 0.582. The van der Waals surface area contributed by atoms with Gasteiger partial charge >= 0.3 is 5.97 Å². The Labute approximate surface area is 118 Å². The number of hydrogen-bond donors (Lipinski definition) is 1. The van der Waals surface area contributed by atoms with E-state index in [9.17, 15) is 4.79 Å². The summed E-state index contributed by atoms with van der Waals surface area (Å²) in [4.78, 5) is 11.1. The summed E-state index contributed by atoms with van der Waals surface area (Å²) < 4.78 is 10.4. The Balaban J connectivity index is 2.10. The lowest BCUT2D eigenvalue weighted by Crippen LogP contribution is -2.04. The first-order valence-corrected chi connectivity index (χ1v) is 6.84. The van der Waals surface area contributed by atoms with Crippen LogP contribution in [-0.2, 0) is 9.53 Å². The Bertz CT molecular complexity index is 410. The predicted octanol–water partition coefficient (Wildman–Crippen LogP) is 3.42. The third-order valence-electron chi connectivity index (χ3n) is 2.57. The van der Waals surface area contributed by atoms with Gasteiger partial charge in [-0.05, 0) is 38.3 Å². The van der Waals surface area contributed by atoms with Crippen molar-refractivity contribution in [2.75, 3.05) is 18.9 Å². The molecule has 0 saturated carbocycles. The number of carbonyl (C=O) groups excluding carboxylic acids is 1. The molecule has 19 heavy (non-hydrogen) atoms. The number of nitrogens with two attached hydrogens (primary N) is 1. The number of carbonyl (C=O) groups is 1. The summed E-state index contributed by atoms with van der Waals surface area (Å²) in [6, 6.07) is 5.22. The van der Waals surface area contributed by atoms with Crippen molar-refractivity contribution in [3.8, 4) is 5.75 Å². The minimum absolute atomic E-state index is 0.131. The molecule has 0 unspecified atom stereocenters. The highest BCUT2D eigenvalue weighted by molar-refractivity contribution is 6.33. The largest absolute Gasteiger partial charge is 0.494 e. The van der Waals surface area contributed by atoms with Crippen LogP contribution in [0.1, 0.15) is 32.6 Å². The van der Waals surface area contributed by atoms with E-state index in [0.717, 1.165) is 19.3 Å². The van der Waals surface area contributed by atoms with Gasteiger partial charge in [0.05, 0.1) is 23.9 Å². The molecule has 4 nitrogen and oxygen atoms in total. The molecule has 0 radical (unpaired) electrons. The molecule has 1 aromatic carbocycles. The molecule has 1 aromatic rings. The first kappa shape index (κ1) is 15.6. The zero-order valence-electron chi connectivity index (χ0n) is 11.2. The average molecular weight is 286 g/mol. The van der Waals surface area contributed by atoms with Crippen molar-refractivity contribution in [1.29, 1.82) is 0 Å². The molecular weight excluding hydrogens is 266 g/mol. The molecule has 0 bridgehead atoms. The highest BCUT2D eigenvalue weighted by Crippen LogP contribution is 2.24. The normalized spacial score (nSPS) is 10.2. The van der Waals surface area contributed by atoms with Gasteiger partial charge in [0.2, 0.25) is 0 Å². The number of nitrogen functional groups attached to an aromatic ring is 1. The molecule has 0 aliphatic carbocycles. The van der Waals surface area contributed by atoms with E-state index in [1.165, 1.54) is 0 Å². The van der Waals surface area contributed by atoms with E-state index in [1.54, 1.807) is 18.2 Å². The van der Waals surface area contributed by atoms with E-state index in [0.29, 0.717) is 36.1 Å². The number of halogens is 1. The summed E-state index contributed by atoms with van der Waals surface area (Å²) in [5, 5.41) is 0.500. The zero-order chi connectivity index (χ0) is 14.1. The molecule has 0 amide bonds. The Morgan fingerprint density at radius 1 is 1.32 bits per heavy atom. The Hall–Kier alpha value is -1.42. The zero-order valence-corrected chi connectivity index (χ0v) is 11.9. The van der Waals surface area contributed by atoms with Crippen LogP contribution in [0.3, 0.4) is 0 Å². The van der Waals surface area contributed by atoms with Gasteiger partial charge in [0.1, 0.15) is 5.75 Å². The maximum atomic E-state index is 11.1. The summed E-state index contributed by atoms with van der Waals surface area (Å²) in [5.41, 5.74) is 6.15. The number of ether oxygens (including phenoxy) is 2. The number of anilines is 1. The van der Waals surface area contributed by atoms with Crippen molar-refractivity contribution in [2.45, 2.75) is 32.6 Å². The van der Waals surface area contributed by atoms with Gasteiger partial charge in [0.25, 0.3) is 0 Å². The van der Waals surface area contributed by atoms with E-state index >= 15 is 0 Å². The minimum Gasteiger partial charge on any atom is -0.494 e. The van der Waals surface area contributed by atoms with Crippen LogP contribution in [0.5, 0.6) is 5.75 Å². The fraction of sp³-hybridized carbons (Fsp3) is 0.500. The average Bonchev–Trinajstić information content (AvgIpc) is 2.38. The second kappa shape index (κ2) is 8.64. The van der Waals surface area contributed by atoms with E-state index in [4.69, 9.17) is 26.8 Å². The highest BCUT2D eigenvalue weighted by Gasteiger charge is 2.02. The van der Waals surface area contributed by atoms with Crippen molar-refractivity contribution in [1.82, 2.24) is 0 Å². The summed E-state index contributed by atoms with van der Waals surface area (Å²) in [6.45, 7) is 2.85. The van der Waals surface area contributed by atoms with Crippen molar-refractivity contribution in [3.05, 3.63) is 23.2 Å². The third kappa shape index (κ3) is 6.34. The molecule has 0 fully saturated rings. The van der Waals surface area contributed by atoms with E-state index in [2.05, 4.69) is 0 Å². The van der Waals surface area contributed by atoms with Crippen molar-refractivity contribution in [2.24, 2.45) is 0 Å². The summed E-state index contributed by atoms with van der Waals surface area (Å²) >= 11 is 5.88. The number of esters is 1. The van der Waals surface area contributed by atoms with E-state index < -0.39 is 0 Å². The smallest absolute Gasteiger partial charge is 0.305 e. The molecule has 106 valence electrons. The lowest BCUT2D eigenvalue weighted by molar-refractivity contribution is -0.143. The highest BCUT2D eigenvalue weighted by atomic mass is 35.5. The van der Waals surface area contributed by atoms with Crippen LogP contribution in [-0.4, -0.2) is 19.2 Å². The molecule has 0 aromatic heterocycles. The SMILES string of the molecule is CCOC(=O)CCCCCOc1ccc(N)c(Cl)c1. The monoisotopic (exact) mass is 285 g/mol. The molecule has 0 aliphatic heterocycles. The fourth-order valence-corrected chi connectivity index (χ4v) is 1.74. The Morgan fingerprint density at radius 3 is 2.79 bits per heavy atom. The lowest BCUT2D eigenvalue weighted by atomic mass is 10.2. The molecular formula is C14H20ClNO3. The topological polar surface area (TPSA) is 61.5 Å². The first-order valence-electron chi connectivity index (χ1n) is 6.47. The van der Waals surface area contributed by atoms with Crippen molar-refractivity contribution < 1.29 is 14.3 Å². The molecule has 1 rings (SSSR count). The van der Waals surface area contributed by atoms with E-state index in [-0.39, 0.29) is 5.97 Å². The number of benzene rings is 1. The van der Waals surface area contributed by atoms with Gasteiger partial charge in [-0.15, -0.1) is 0 Å². The Morgan fingerprint density at radius 2 is 2.11 bits per heavy atom. The van der Waals surface area contributed by atoms with Crippen LogP contribution in [0.4, 0.5) is 5.69 Å². The van der Waals surface area contributed by atoms with Crippen molar-refractivity contribution >= 4 is 23.3 Å². The van der Waals surface area contributed by atoms with Crippen LogP contribution in [0, 0.1) is 0 Å². The van der Waals surface area contributed by atoms with Crippen molar-refractivity contribution in [3.63, 3.8) is 0 Å². The summed E-state index contributed by atoms with van der Waals surface area (Å²) in [7, 11) is 0. The number of hydrogen-bond acceptors (Lipinski definition) is 4. The molecule has 2 N–H and O–H groups in total. The molecule has 0 aliphatic rings. The first-order chi connectivity index (χ1) is 9.13. The second-order valence-corrected chi connectivity index (χ2v) is 4.55. The lowest BCUT2D eigenvalue weighted by Gasteiger charge is -2.07. The maximum absolute atomic E-state index is 11.1. The van der Waals surface area contributed by atoms with Gasteiger partial charge in [-0.25, -0.2) is 0 Å². The van der Waals surface area contributed by atoms with Gasteiger partial charge in [-0.2, -0.15) is 0 Å². The van der Waals surface area contributed by atoms with Gasteiger partial charge in [-0.3, -0.25) is 4.79 Å². The minimum atomic E-state index is -0.131. The van der Waals surface area contributed by atoms with Crippen LogP contribution in [0.25, 0.3) is 0 Å². The summed E-state index contributed by atoms with van der Waals surface area (Å²) in [6.07, 6.45) is 3.12. The molecule has 5 heteroatoms.